The number of ether oxygens (including phenoxy) is 1. The number of hydrogen-bond acceptors (Lipinski definition) is 5. The molecule has 0 radical (unpaired) electrons. The fourth-order valence-corrected chi connectivity index (χ4v) is 5.56. The quantitative estimate of drug-likeness (QED) is 0.668. The number of thioether (sulfide) groups is 1. The van der Waals surface area contributed by atoms with Crippen molar-refractivity contribution in [2.45, 2.75) is 24.3 Å². The molecule has 1 aromatic carbocycles. The summed E-state index contributed by atoms with van der Waals surface area (Å²) >= 11 is 11.8. The minimum Gasteiger partial charge on any atom is -0.495 e. The zero-order valence-electron chi connectivity index (χ0n) is 13.8. The van der Waals surface area contributed by atoms with Crippen molar-refractivity contribution in [3.63, 3.8) is 0 Å². The van der Waals surface area contributed by atoms with Crippen LogP contribution < -0.4 is 4.74 Å². The molecule has 3 atom stereocenters. The molecule has 0 saturated carbocycles. The number of fused-ring (bicyclic) bond motifs is 1. The molecule has 0 amide bonds. The van der Waals surface area contributed by atoms with Gasteiger partial charge >= 0.3 is 0 Å². The summed E-state index contributed by atoms with van der Waals surface area (Å²) < 4.78 is 6.55. The van der Waals surface area contributed by atoms with E-state index >= 15 is 0 Å². The molecule has 2 aromatic rings. The minimum absolute atomic E-state index is 0.0206. The van der Waals surface area contributed by atoms with Crippen molar-refractivity contribution < 1.29 is 4.74 Å². The Kier molecular flexibility index (Phi) is 4.69. The molecule has 1 saturated heterocycles. The molecule has 0 spiro atoms. The van der Waals surface area contributed by atoms with Gasteiger partial charge in [-0.2, -0.15) is 0 Å². The number of aliphatic imine (C=N–C) groups is 1. The standard InChI is InChI=1S/C18H17BrClN3OS/c1-10-9-23-16(12-7-11(20)8-13(19)17(12)24-2)15(22-18(23)25-10)14-5-3-4-6-21-14/h3-8,10,15-16H,9H2,1-2H3/t10-,15-,16-/m1/s1. The Hall–Kier alpha value is -1.24. The Labute approximate surface area is 164 Å². The molecule has 4 rings (SSSR count). The lowest BCUT2D eigenvalue weighted by atomic mass is 9.95. The van der Waals surface area contributed by atoms with E-state index in [9.17, 15) is 0 Å². The van der Waals surface area contributed by atoms with Gasteiger partial charge in [-0.3, -0.25) is 9.98 Å². The lowest BCUT2D eigenvalue weighted by Gasteiger charge is -2.29. The van der Waals surface area contributed by atoms with Gasteiger partial charge in [0.15, 0.2) is 5.17 Å². The highest BCUT2D eigenvalue weighted by Gasteiger charge is 2.44. The Balaban J connectivity index is 1.86. The van der Waals surface area contributed by atoms with E-state index in [2.05, 4.69) is 32.7 Å². The SMILES string of the molecule is COc1c(Br)cc(Cl)cc1[C@@H]1[C@@H](c2ccccn2)N=C2S[C@H](C)CN21. The highest BCUT2D eigenvalue weighted by molar-refractivity contribution is 9.10. The second kappa shape index (κ2) is 6.82. The molecule has 0 unspecified atom stereocenters. The largest absolute Gasteiger partial charge is 0.495 e. The van der Waals surface area contributed by atoms with E-state index in [1.54, 1.807) is 7.11 Å². The first kappa shape index (κ1) is 17.2. The second-order valence-corrected chi connectivity index (χ2v) is 8.84. The lowest BCUT2D eigenvalue weighted by molar-refractivity contribution is 0.307. The number of benzene rings is 1. The topological polar surface area (TPSA) is 37.7 Å². The average molecular weight is 439 g/mol. The fraction of sp³-hybridized carbons (Fsp3) is 0.333. The highest BCUT2D eigenvalue weighted by atomic mass is 79.9. The average Bonchev–Trinajstić information content (AvgIpc) is 3.10. The number of aromatic nitrogens is 1. The predicted molar refractivity (Wildman–Crippen MR) is 107 cm³/mol. The van der Waals surface area contributed by atoms with Gasteiger partial charge in [-0.05, 0) is 40.2 Å². The van der Waals surface area contributed by atoms with Crippen molar-refractivity contribution in [1.82, 2.24) is 9.88 Å². The van der Waals surface area contributed by atoms with Gasteiger partial charge < -0.3 is 9.64 Å². The van der Waals surface area contributed by atoms with Gasteiger partial charge in [0.2, 0.25) is 0 Å². The van der Waals surface area contributed by atoms with Crippen molar-refractivity contribution in [3.05, 3.63) is 57.3 Å². The van der Waals surface area contributed by atoms with Crippen molar-refractivity contribution in [2.75, 3.05) is 13.7 Å². The molecule has 2 aliphatic rings. The van der Waals surface area contributed by atoms with Crippen LogP contribution in [0.25, 0.3) is 0 Å². The van der Waals surface area contributed by atoms with Crippen LogP contribution in [0, 0.1) is 0 Å². The van der Waals surface area contributed by atoms with E-state index in [0.29, 0.717) is 10.3 Å². The Morgan fingerprint density at radius 2 is 2.20 bits per heavy atom. The molecule has 7 heteroatoms. The lowest BCUT2D eigenvalue weighted by Crippen LogP contribution is -2.29. The van der Waals surface area contributed by atoms with Crippen LogP contribution in [0.4, 0.5) is 0 Å². The molecule has 0 N–H and O–H groups in total. The summed E-state index contributed by atoms with van der Waals surface area (Å²) in [4.78, 5) is 11.9. The summed E-state index contributed by atoms with van der Waals surface area (Å²) in [7, 11) is 1.69. The van der Waals surface area contributed by atoms with Gasteiger partial charge in [0.25, 0.3) is 0 Å². The first-order valence-electron chi connectivity index (χ1n) is 8.03. The number of halogens is 2. The maximum absolute atomic E-state index is 6.36. The number of hydrogen-bond donors (Lipinski definition) is 0. The van der Waals surface area contributed by atoms with Gasteiger partial charge in [0.05, 0.1) is 23.3 Å². The molecule has 25 heavy (non-hydrogen) atoms. The van der Waals surface area contributed by atoms with Gasteiger partial charge in [-0.25, -0.2) is 0 Å². The van der Waals surface area contributed by atoms with Gasteiger partial charge in [0, 0.05) is 28.6 Å². The van der Waals surface area contributed by atoms with Crippen LogP contribution in [-0.4, -0.2) is 34.0 Å². The summed E-state index contributed by atoms with van der Waals surface area (Å²) in [6.45, 7) is 3.17. The summed E-state index contributed by atoms with van der Waals surface area (Å²) in [5.74, 6) is 0.802. The molecular formula is C18H17BrClN3OS. The number of nitrogens with zero attached hydrogens (tertiary/aromatic N) is 3. The molecule has 4 nitrogen and oxygen atoms in total. The van der Waals surface area contributed by atoms with Crippen LogP contribution in [0.1, 0.15) is 30.3 Å². The molecule has 3 heterocycles. The van der Waals surface area contributed by atoms with Crippen LogP contribution in [0.5, 0.6) is 5.75 Å². The van der Waals surface area contributed by atoms with Crippen molar-refractivity contribution in [1.29, 1.82) is 0 Å². The second-order valence-electron chi connectivity index (χ2n) is 6.15. The van der Waals surface area contributed by atoms with Gasteiger partial charge in [0.1, 0.15) is 11.8 Å². The fourth-order valence-electron chi connectivity index (χ4n) is 3.47. The molecular weight excluding hydrogens is 422 g/mol. The third-order valence-corrected chi connectivity index (χ3v) is 6.35. The van der Waals surface area contributed by atoms with Crippen molar-refractivity contribution in [2.24, 2.45) is 4.99 Å². The Morgan fingerprint density at radius 1 is 1.36 bits per heavy atom. The zero-order valence-corrected chi connectivity index (χ0v) is 17.0. The maximum Gasteiger partial charge on any atom is 0.160 e. The number of amidine groups is 1. The highest BCUT2D eigenvalue weighted by Crippen LogP contribution is 2.51. The van der Waals surface area contributed by atoms with E-state index < -0.39 is 0 Å². The smallest absolute Gasteiger partial charge is 0.160 e. The third-order valence-electron chi connectivity index (χ3n) is 4.44. The minimum atomic E-state index is -0.0736. The van der Waals surface area contributed by atoms with Crippen molar-refractivity contribution in [3.8, 4) is 5.75 Å². The van der Waals surface area contributed by atoms with Gasteiger partial charge in [-0.1, -0.05) is 36.4 Å². The molecule has 1 aromatic heterocycles. The summed E-state index contributed by atoms with van der Waals surface area (Å²) in [5, 5.41) is 2.27. The molecule has 130 valence electrons. The first-order chi connectivity index (χ1) is 12.1. The third kappa shape index (κ3) is 3.04. The molecule has 2 aliphatic heterocycles. The summed E-state index contributed by atoms with van der Waals surface area (Å²) in [5.41, 5.74) is 1.99. The monoisotopic (exact) mass is 437 g/mol. The number of pyridine rings is 1. The molecule has 0 aliphatic carbocycles. The van der Waals surface area contributed by atoms with Crippen LogP contribution in [0.2, 0.25) is 5.02 Å². The van der Waals surface area contributed by atoms with E-state index in [0.717, 1.165) is 33.2 Å². The van der Waals surface area contributed by atoms with Gasteiger partial charge in [-0.15, -0.1) is 0 Å². The van der Waals surface area contributed by atoms with E-state index in [4.69, 9.17) is 21.3 Å². The van der Waals surface area contributed by atoms with Crippen LogP contribution in [-0.2, 0) is 0 Å². The Bertz CT molecular complexity index is 833. The maximum atomic E-state index is 6.36. The molecule has 0 bridgehead atoms. The van der Waals surface area contributed by atoms with Crippen LogP contribution in [0.15, 0.2) is 46.0 Å². The van der Waals surface area contributed by atoms with Crippen LogP contribution in [0.3, 0.4) is 0 Å². The van der Waals surface area contributed by atoms with E-state index in [-0.39, 0.29) is 12.1 Å². The zero-order chi connectivity index (χ0) is 17.6. The summed E-state index contributed by atoms with van der Waals surface area (Å²) in [6.07, 6.45) is 1.82. The number of rotatable bonds is 3. The predicted octanol–water partition coefficient (Wildman–Crippen LogP) is 5.10. The normalized spacial score (nSPS) is 25.0. The van der Waals surface area contributed by atoms with E-state index in [1.807, 2.05) is 48.3 Å². The van der Waals surface area contributed by atoms with Crippen molar-refractivity contribution >= 4 is 44.5 Å². The molecule has 1 fully saturated rings. The Morgan fingerprint density at radius 3 is 2.92 bits per heavy atom. The number of methoxy groups -OCH3 is 1. The summed E-state index contributed by atoms with van der Waals surface area (Å²) in [6, 6.07) is 9.75. The van der Waals surface area contributed by atoms with Crippen LogP contribution >= 0.6 is 39.3 Å². The van der Waals surface area contributed by atoms with E-state index in [1.165, 1.54) is 0 Å². The first-order valence-corrected chi connectivity index (χ1v) is 10.1.